The average molecular weight is 249 g/mol. The number of rotatable bonds is 6. The summed E-state index contributed by atoms with van der Waals surface area (Å²) in [4.78, 5) is 13.7. The lowest BCUT2D eigenvalue weighted by Gasteiger charge is -2.19. The number of nitrogens with two attached hydrogens (primary N) is 1. The number of nitrogens with zero attached hydrogens (tertiary/aromatic N) is 1. The van der Waals surface area contributed by atoms with Gasteiger partial charge in [-0.05, 0) is 45.1 Å². The van der Waals surface area contributed by atoms with Gasteiger partial charge in [0.15, 0.2) is 0 Å². The van der Waals surface area contributed by atoms with Gasteiger partial charge >= 0.3 is 0 Å². The van der Waals surface area contributed by atoms with Crippen molar-refractivity contribution < 1.29 is 4.79 Å². The number of nitrogen functional groups attached to an aromatic ring is 1. The van der Waals surface area contributed by atoms with Gasteiger partial charge in [-0.25, -0.2) is 0 Å². The summed E-state index contributed by atoms with van der Waals surface area (Å²) in [5, 5.41) is 2.94. The molecule has 1 aromatic carbocycles. The van der Waals surface area contributed by atoms with Crippen molar-refractivity contribution in [3.63, 3.8) is 0 Å². The number of anilines is 1. The molecular weight excluding hydrogens is 226 g/mol. The van der Waals surface area contributed by atoms with E-state index in [2.05, 4.69) is 17.1 Å². The van der Waals surface area contributed by atoms with Gasteiger partial charge in [0.2, 0.25) is 5.91 Å². The molecule has 0 heterocycles. The number of likely N-dealkylation sites (N-methyl/N-ethyl adjacent to an activating group) is 1. The Balaban J connectivity index is 2.27. The van der Waals surface area contributed by atoms with Crippen LogP contribution in [0.3, 0.4) is 0 Å². The first kappa shape index (κ1) is 14.5. The van der Waals surface area contributed by atoms with Crippen LogP contribution in [-0.2, 0) is 11.2 Å². The molecule has 3 N–H and O–H groups in total. The van der Waals surface area contributed by atoms with E-state index in [1.807, 2.05) is 38.4 Å². The fraction of sp³-hybridized carbons (Fsp3) is 0.500. The molecule has 0 spiro atoms. The Morgan fingerprint density at radius 2 is 1.94 bits per heavy atom. The normalized spacial score (nSPS) is 12.4. The highest BCUT2D eigenvalue weighted by molar-refractivity contribution is 5.76. The van der Waals surface area contributed by atoms with Gasteiger partial charge < -0.3 is 16.0 Å². The maximum Gasteiger partial charge on any atom is 0.220 e. The third kappa shape index (κ3) is 5.19. The van der Waals surface area contributed by atoms with Crippen molar-refractivity contribution >= 4 is 11.6 Å². The van der Waals surface area contributed by atoms with Crippen LogP contribution in [0.1, 0.15) is 18.9 Å². The lowest BCUT2D eigenvalue weighted by molar-refractivity contribution is -0.121. The number of hydrogen-bond donors (Lipinski definition) is 2. The molecule has 1 amide bonds. The van der Waals surface area contributed by atoms with Crippen LogP contribution in [0.15, 0.2) is 24.3 Å². The number of aryl methyl sites for hydroxylation is 1. The smallest absolute Gasteiger partial charge is 0.220 e. The molecule has 0 aromatic heterocycles. The van der Waals surface area contributed by atoms with Gasteiger partial charge in [-0.1, -0.05) is 12.1 Å². The topological polar surface area (TPSA) is 58.4 Å². The van der Waals surface area contributed by atoms with Gasteiger partial charge in [0.25, 0.3) is 0 Å². The maximum absolute atomic E-state index is 11.7. The first-order valence-electron chi connectivity index (χ1n) is 6.26. The summed E-state index contributed by atoms with van der Waals surface area (Å²) in [6.07, 6.45) is 1.27. The molecule has 100 valence electrons. The quantitative estimate of drug-likeness (QED) is 0.746. The average Bonchev–Trinajstić information content (AvgIpc) is 2.35. The summed E-state index contributed by atoms with van der Waals surface area (Å²) in [5.41, 5.74) is 7.50. The van der Waals surface area contributed by atoms with Gasteiger partial charge in [-0.2, -0.15) is 0 Å². The molecule has 1 aromatic rings. The molecule has 0 saturated carbocycles. The summed E-state index contributed by atoms with van der Waals surface area (Å²) in [5.74, 6) is 0.0977. The summed E-state index contributed by atoms with van der Waals surface area (Å²) >= 11 is 0. The Kier molecular flexibility index (Phi) is 5.65. The van der Waals surface area contributed by atoms with Crippen LogP contribution >= 0.6 is 0 Å². The van der Waals surface area contributed by atoms with Crippen molar-refractivity contribution in [1.82, 2.24) is 10.2 Å². The van der Waals surface area contributed by atoms with E-state index in [4.69, 9.17) is 5.73 Å². The van der Waals surface area contributed by atoms with Gasteiger partial charge in [0, 0.05) is 24.7 Å². The van der Waals surface area contributed by atoms with Crippen LogP contribution in [0.5, 0.6) is 0 Å². The second kappa shape index (κ2) is 7.01. The van der Waals surface area contributed by atoms with Crippen molar-refractivity contribution in [2.75, 3.05) is 26.4 Å². The van der Waals surface area contributed by atoms with E-state index in [-0.39, 0.29) is 5.91 Å². The van der Waals surface area contributed by atoms with Crippen LogP contribution < -0.4 is 11.1 Å². The molecule has 4 heteroatoms. The zero-order chi connectivity index (χ0) is 13.5. The Morgan fingerprint density at radius 3 is 2.50 bits per heavy atom. The van der Waals surface area contributed by atoms with Crippen molar-refractivity contribution in [2.45, 2.75) is 25.8 Å². The van der Waals surface area contributed by atoms with Crippen molar-refractivity contribution in [3.05, 3.63) is 29.8 Å². The highest BCUT2D eigenvalue weighted by atomic mass is 16.1. The van der Waals surface area contributed by atoms with Crippen molar-refractivity contribution in [2.24, 2.45) is 0 Å². The molecule has 0 bridgehead atoms. The van der Waals surface area contributed by atoms with Gasteiger partial charge in [0.1, 0.15) is 0 Å². The lowest BCUT2D eigenvalue weighted by atomic mass is 10.1. The molecule has 0 aliphatic heterocycles. The van der Waals surface area contributed by atoms with E-state index >= 15 is 0 Å². The molecule has 1 rings (SSSR count). The summed E-state index contributed by atoms with van der Waals surface area (Å²) in [6, 6.07) is 8.00. The molecule has 0 aliphatic rings. The molecule has 0 radical (unpaired) electrons. The van der Waals surface area contributed by atoms with Gasteiger partial charge in [0.05, 0.1) is 0 Å². The number of hydrogen-bond acceptors (Lipinski definition) is 3. The third-order valence-electron chi connectivity index (χ3n) is 3.10. The third-order valence-corrected chi connectivity index (χ3v) is 3.10. The van der Waals surface area contributed by atoms with Crippen LogP contribution in [0, 0.1) is 0 Å². The summed E-state index contributed by atoms with van der Waals surface area (Å²) in [6.45, 7) is 2.77. The van der Waals surface area contributed by atoms with Gasteiger partial charge in [-0.3, -0.25) is 4.79 Å². The highest BCUT2D eigenvalue weighted by Gasteiger charge is 2.07. The number of amides is 1. The zero-order valence-corrected chi connectivity index (χ0v) is 11.4. The molecule has 1 atom stereocenters. The van der Waals surface area contributed by atoms with Crippen LogP contribution in [0.25, 0.3) is 0 Å². The van der Waals surface area contributed by atoms with Crippen molar-refractivity contribution in [1.29, 1.82) is 0 Å². The van der Waals surface area contributed by atoms with Crippen LogP contribution in [0.2, 0.25) is 0 Å². The van der Waals surface area contributed by atoms with Crippen LogP contribution in [0.4, 0.5) is 5.69 Å². The second-order valence-corrected chi connectivity index (χ2v) is 4.86. The van der Waals surface area contributed by atoms with Gasteiger partial charge in [-0.15, -0.1) is 0 Å². The van der Waals surface area contributed by atoms with E-state index in [0.717, 1.165) is 17.7 Å². The maximum atomic E-state index is 11.7. The first-order chi connectivity index (χ1) is 8.49. The summed E-state index contributed by atoms with van der Waals surface area (Å²) in [7, 11) is 4.01. The Bertz CT molecular complexity index is 373. The minimum absolute atomic E-state index is 0.0977. The standard InChI is InChI=1S/C14H23N3O/c1-11(17(2)3)10-16-14(18)9-6-12-4-7-13(15)8-5-12/h4-5,7-8,11H,6,9-10,15H2,1-3H3,(H,16,18). The largest absolute Gasteiger partial charge is 0.399 e. The molecule has 0 saturated heterocycles. The SMILES string of the molecule is CC(CNC(=O)CCc1ccc(N)cc1)N(C)C. The van der Waals surface area contributed by atoms with Crippen LogP contribution in [-0.4, -0.2) is 37.5 Å². The lowest BCUT2D eigenvalue weighted by Crippen LogP contribution is -2.38. The Hall–Kier alpha value is -1.55. The number of carbonyl (C=O) groups excluding carboxylic acids is 1. The second-order valence-electron chi connectivity index (χ2n) is 4.86. The van der Waals surface area contributed by atoms with Crippen molar-refractivity contribution in [3.8, 4) is 0 Å². The number of carbonyl (C=O) groups is 1. The highest BCUT2D eigenvalue weighted by Crippen LogP contribution is 2.07. The predicted octanol–water partition coefficient (Wildman–Crippen LogP) is 1.27. The Morgan fingerprint density at radius 1 is 1.33 bits per heavy atom. The zero-order valence-electron chi connectivity index (χ0n) is 11.4. The van der Waals surface area contributed by atoms with E-state index < -0.39 is 0 Å². The Labute approximate surface area is 109 Å². The van der Waals surface area contributed by atoms with E-state index in [1.54, 1.807) is 0 Å². The molecule has 4 nitrogen and oxygen atoms in total. The predicted molar refractivity (Wildman–Crippen MR) is 75.3 cm³/mol. The first-order valence-corrected chi connectivity index (χ1v) is 6.26. The minimum Gasteiger partial charge on any atom is -0.399 e. The van der Waals surface area contributed by atoms with E-state index in [0.29, 0.717) is 19.0 Å². The minimum atomic E-state index is 0.0977. The molecule has 0 aliphatic carbocycles. The van der Waals surface area contributed by atoms with E-state index in [1.165, 1.54) is 0 Å². The fourth-order valence-corrected chi connectivity index (χ4v) is 1.47. The van der Waals surface area contributed by atoms with E-state index in [9.17, 15) is 4.79 Å². The molecule has 0 fully saturated rings. The molecule has 18 heavy (non-hydrogen) atoms. The molecular formula is C14H23N3O. The fourth-order valence-electron chi connectivity index (χ4n) is 1.47. The summed E-state index contributed by atoms with van der Waals surface area (Å²) < 4.78 is 0. The number of benzene rings is 1. The monoisotopic (exact) mass is 249 g/mol. The number of nitrogens with one attached hydrogen (secondary N) is 1. The molecule has 1 unspecified atom stereocenters.